The predicted molar refractivity (Wildman–Crippen MR) is 131 cm³/mol. The molecule has 1 aliphatic rings. The quantitative estimate of drug-likeness (QED) is 0.450. The highest BCUT2D eigenvalue weighted by molar-refractivity contribution is 8.00. The van der Waals surface area contributed by atoms with Crippen molar-refractivity contribution in [3.8, 4) is 0 Å². The molecule has 0 spiro atoms. The number of thioether (sulfide) groups is 1. The molecular weight excluding hydrogens is 458 g/mol. The van der Waals surface area contributed by atoms with Crippen molar-refractivity contribution in [3.63, 3.8) is 0 Å². The first kappa shape index (κ1) is 23.7. The van der Waals surface area contributed by atoms with Crippen LogP contribution in [0.2, 0.25) is 0 Å². The second-order valence-electron chi connectivity index (χ2n) is 7.92. The van der Waals surface area contributed by atoms with Crippen molar-refractivity contribution in [2.75, 3.05) is 45.8 Å². The minimum absolute atomic E-state index is 0.0926. The fourth-order valence-corrected chi connectivity index (χ4v) is 5.85. The van der Waals surface area contributed by atoms with E-state index in [0.717, 1.165) is 33.4 Å². The number of carbonyl (C=O) groups is 2. The summed E-state index contributed by atoms with van der Waals surface area (Å²) in [5.41, 5.74) is 1.61. The van der Waals surface area contributed by atoms with Gasteiger partial charge in [-0.05, 0) is 26.8 Å². The lowest BCUT2D eigenvalue weighted by Crippen LogP contribution is -2.51. The van der Waals surface area contributed by atoms with Gasteiger partial charge in [-0.15, -0.1) is 10.2 Å². The maximum absolute atomic E-state index is 13.4. The first-order valence-corrected chi connectivity index (χ1v) is 13.0. The monoisotopic (exact) mass is 487 g/mol. The number of benzene rings is 1. The third-order valence-electron chi connectivity index (χ3n) is 5.87. The van der Waals surface area contributed by atoms with Gasteiger partial charge in [0.05, 0.1) is 6.54 Å². The maximum Gasteiger partial charge on any atom is 0.290 e. The standard InChI is InChI=1S/C23H29N5O3S2/c1-4-27(5-2)20(29)14-26-10-12-28(13-11-26)22(30)21-18(15-32-23-25-24-16(3)33-23)17-8-6-7-9-19(17)31-21/h6-9H,4-5,10-15H2,1-3H3. The van der Waals surface area contributed by atoms with Gasteiger partial charge in [0, 0.05) is 56.0 Å². The molecule has 1 fully saturated rings. The fourth-order valence-electron chi connectivity index (χ4n) is 4.01. The summed E-state index contributed by atoms with van der Waals surface area (Å²) >= 11 is 3.12. The number of hydrogen-bond donors (Lipinski definition) is 0. The molecule has 3 aromatic rings. The second kappa shape index (κ2) is 10.7. The summed E-state index contributed by atoms with van der Waals surface area (Å²) in [6.07, 6.45) is 0. The van der Waals surface area contributed by atoms with Gasteiger partial charge in [-0.25, -0.2) is 0 Å². The van der Waals surface area contributed by atoms with Gasteiger partial charge in [-0.1, -0.05) is 41.3 Å². The van der Waals surface area contributed by atoms with Crippen molar-refractivity contribution in [2.24, 2.45) is 0 Å². The molecule has 8 nitrogen and oxygen atoms in total. The van der Waals surface area contributed by atoms with Gasteiger partial charge >= 0.3 is 0 Å². The number of aryl methyl sites for hydroxylation is 1. The highest BCUT2D eigenvalue weighted by Gasteiger charge is 2.29. The molecule has 10 heteroatoms. The van der Waals surface area contributed by atoms with E-state index >= 15 is 0 Å². The van der Waals surface area contributed by atoms with Gasteiger partial charge in [-0.2, -0.15) is 0 Å². The van der Waals surface area contributed by atoms with Crippen LogP contribution < -0.4 is 0 Å². The zero-order valence-electron chi connectivity index (χ0n) is 19.2. The number of fused-ring (bicyclic) bond motifs is 1. The average Bonchev–Trinajstić information content (AvgIpc) is 3.41. The Hall–Kier alpha value is -2.43. The Morgan fingerprint density at radius 3 is 2.52 bits per heavy atom. The molecule has 2 aromatic heterocycles. The Balaban J connectivity index is 1.45. The Kier molecular flexibility index (Phi) is 7.67. The Bertz CT molecular complexity index is 1120. The van der Waals surface area contributed by atoms with Crippen LogP contribution in [0.3, 0.4) is 0 Å². The zero-order chi connectivity index (χ0) is 23.4. The molecule has 1 saturated heterocycles. The lowest BCUT2D eigenvalue weighted by atomic mass is 10.1. The molecule has 3 heterocycles. The predicted octanol–water partition coefficient (Wildman–Crippen LogP) is 3.51. The topological polar surface area (TPSA) is 82.8 Å². The number of carbonyl (C=O) groups excluding carboxylic acids is 2. The number of hydrogen-bond acceptors (Lipinski definition) is 8. The molecule has 1 aliphatic heterocycles. The number of furan rings is 1. The van der Waals surface area contributed by atoms with Crippen LogP contribution in [0, 0.1) is 6.92 Å². The molecule has 0 atom stereocenters. The Morgan fingerprint density at radius 2 is 1.85 bits per heavy atom. The van der Waals surface area contributed by atoms with Gasteiger partial charge < -0.3 is 14.2 Å². The van der Waals surface area contributed by atoms with E-state index in [1.54, 1.807) is 23.1 Å². The van der Waals surface area contributed by atoms with E-state index in [2.05, 4.69) is 15.1 Å². The molecule has 2 amide bonds. The van der Waals surface area contributed by atoms with Crippen LogP contribution in [0.25, 0.3) is 11.0 Å². The lowest BCUT2D eigenvalue weighted by molar-refractivity contribution is -0.132. The Labute approximate surface area is 201 Å². The highest BCUT2D eigenvalue weighted by Crippen LogP contribution is 2.33. The molecule has 0 saturated carbocycles. The molecule has 33 heavy (non-hydrogen) atoms. The third kappa shape index (κ3) is 5.39. The van der Waals surface area contributed by atoms with Crippen LogP contribution >= 0.6 is 23.1 Å². The molecule has 176 valence electrons. The molecular formula is C23H29N5O3S2. The van der Waals surface area contributed by atoms with E-state index in [1.807, 2.05) is 54.8 Å². The van der Waals surface area contributed by atoms with Crippen molar-refractivity contribution < 1.29 is 14.0 Å². The van der Waals surface area contributed by atoms with Crippen LogP contribution in [0.5, 0.6) is 0 Å². The first-order chi connectivity index (χ1) is 16.0. The van der Waals surface area contributed by atoms with Gasteiger partial charge in [0.15, 0.2) is 10.1 Å². The lowest BCUT2D eigenvalue weighted by Gasteiger charge is -2.35. The molecule has 4 rings (SSSR count). The molecule has 0 unspecified atom stereocenters. The van der Waals surface area contributed by atoms with Crippen LogP contribution in [0.4, 0.5) is 0 Å². The number of para-hydroxylation sites is 1. The maximum atomic E-state index is 13.4. The highest BCUT2D eigenvalue weighted by atomic mass is 32.2. The van der Waals surface area contributed by atoms with E-state index in [-0.39, 0.29) is 11.8 Å². The number of amides is 2. The van der Waals surface area contributed by atoms with E-state index in [0.29, 0.717) is 49.8 Å². The SMILES string of the molecule is CCN(CC)C(=O)CN1CCN(C(=O)c2oc3ccccc3c2CSc2nnc(C)s2)CC1. The van der Waals surface area contributed by atoms with Crippen molar-refractivity contribution in [1.29, 1.82) is 0 Å². The molecule has 0 N–H and O–H groups in total. The van der Waals surface area contributed by atoms with Crippen LogP contribution in [-0.4, -0.2) is 82.5 Å². The van der Waals surface area contributed by atoms with Gasteiger partial charge in [0.2, 0.25) is 5.91 Å². The summed E-state index contributed by atoms with van der Waals surface area (Å²) in [7, 11) is 0. The number of piperazine rings is 1. The van der Waals surface area contributed by atoms with Crippen LogP contribution in [-0.2, 0) is 10.5 Å². The summed E-state index contributed by atoms with van der Waals surface area (Å²) in [6.45, 7) is 10.2. The van der Waals surface area contributed by atoms with E-state index in [4.69, 9.17) is 4.42 Å². The fraction of sp³-hybridized carbons (Fsp3) is 0.478. The van der Waals surface area contributed by atoms with E-state index in [1.165, 1.54) is 0 Å². The molecule has 0 radical (unpaired) electrons. The summed E-state index contributed by atoms with van der Waals surface area (Å²) in [5.74, 6) is 1.04. The van der Waals surface area contributed by atoms with Crippen molar-refractivity contribution in [2.45, 2.75) is 30.9 Å². The second-order valence-corrected chi connectivity index (χ2v) is 10.3. The van der Waals surface area contributed by atoms with Crippen LogP contribution in [0.15, 0.2) is 33.0 Å². The van der Waals surface area contributed by atoms with Crippen molar-refractivity contribution in [1.82, 2.24) is 24.9 Å². The smallest absolute Gasteiger partial charge is 0.290 e. The zero-order valence-corrected chi connectivity index (χ0v) is 20.9. The van der Waals surface area contributed by atoms with Crippen molar-refractivity contribution in [3.05, 3.63) is 40.6 Å². The van der Waals surface area contributed by atoms with Gasteiger partial charge in [-0.3, -0.25) is 14.5 Å². The summed E-state index contributed by atoms with van der Waals surface area (Å²) in [5, 5.41) is 10.1. The van der Waals surface area contributed by atoms with Crippen molar-refractivity contribution >= 4 is 45.9 Å². The Morgan fingerprint density at radius 1 is 1.12 bits per heavy atom. The number of aromatic nitrogens is 2. The first-order valence-electron chi connectivity index (χ1n) is 11.2. The van der Waals surface area contributed by atoms with E-state index < -0.39 is 0 Å². The summed E-state index contributed by atoms with van der Waals surface area (Å²) in [6, 6.07) is 7.76. The summed E-state index contributed by atoms with van der Waals surface area (Å²) < 4.78 is 6.93. The molecule has 0 bridgehead atoms. The normalized spacial score (nSPS) is 14.7. The summed E-state index contributed by atoms with van der Waals surface area (Å²) in [4.78, 5) is 31.7. The minimum Gasteiger partial charge on any atom is -0.451 e. The average molecular weight is 488 g/mol. The number of rotatable bonds is 8. The largest absolute Gasteiger partial charge is 0.451 e. The number of nitrogens with zero attached hydrogens (tertiary/aromatic N) is 5. The third-order valence-corrected chi connectivity index (χ3v) is 7.87. The molecule has 1 aromatic carbocycles. The van der Waals surface area contributed by atoms with Gasteiger partial charge in [0.1, 0.15) is 10.6 Å². The van der Waals surface area contributed by atoms with Gasteiger partial charge in [0.25, 0.3) is 5.91 Å². The van der Waals surface area contributed by atoms with Crippen LogP contribution in [0.1, 0.15) is 35.0 Å². The molecule has 0 aliphatic carbocycles. The minimum atomic E-state index is -0.0926. The van der Waals surface area contributed by atoms with E-state index in [9.17, 15) is 9.59 Å². The number of likely N-dealkylation sites (N-methyl/N-ethyl adjacent to an activating group) is 1.